The van der Waals surface area contributed by atoms with E-state index in [4.69, 9.17) is 4.74 Å². The lowest BCUT2D eigenvalue weighted by atomic mass is 9.99. The maximum absolute atomic E-state index is 5.69. The maximum Gasteiger partial charge on any atom is 0.124 e. The van der Waals surface area contributed by atoms with Gasteiger partial charge in [0, 0.05) is 29.4 Å². The van der Waals surface area contributed by atoms with Crippen LogP contribution in [0.25, 0.3) is 0 Å². The molecule has 2 heterocycles. The number of nitrogens with zero attached hydrogens (tertiary/aromatic N) is 1. The Hall–Kier alpha value is -1.39. The number of nitrogens with one attached hydrogen (secondary N) is 1. The fraction of sp³-hybridized carbons (Fsp3) is 0.400. The SMILES string of the molecule is Cc1nc(C(C)NC2CCOc3ccccc32)cs1. The average Bonchev–Trinajstić information content (AvgIpc) is 2.86. The Bertz CT molecular complexity index is 567. The second-order valence-electron chi connectivity index (χ2n) is 4.91. The summed E-state index contributed by atoms with van der Waals surface area (Å²) in [7, 11) is 0. The largest absolute Gasteiger partial charge is 0.493 e. The summed E-state index contributed by atoms with van der Waals surface area (Å²) in [4.78, 5) is 4.56. The number of ether oxygens (including phenoxy) is 1. The standard InChI is InChI=1S/C15H18N2OS/c1-10(14-9-19-11(2)17-14)16-13-7-8-18-15-6-4-3-5-12(13)15/h3-6,9-10,13,16H,7-8H2,1-2H3. The number of aryl methyl sites for hydroxylation is 1. The van der Waals surface area contributed by atoms with Gasteiger partial charge in [0.05, 0.1) is 17.3 Å². The molecule has 0 spiro atoms. The number of thiazole rings is 1. The predicted octanol–water partition coefficient (Wildman–Crippen LogP) is 3.63. The van der Waals surface area contributed by atoms with Gasteiger partial charge in [-0.3, -0.25) is 0 Å². The van der Waals surface area contributed by atoms with Crippen LogP contribution in [-0.4, -0.2) is 11.6 Å². The lowest BCUT2D eigenvalue weighted by Crippen LogP contribution is -2.29. The van der Waals surface area contributed by atoms with Crippen LogP contribution < -0.4 is 10.1 Å². The molecule has 3 rings (SSSR count). The first-order valence-electron chi connectivity index (χ1n) is 6.64. The zero-order chi connectivity index (χ0) is 13.2. The molecule has 2 unspecified atom stereocenters. The van der Waals surface area contributed by atoms with E-state index < -0.39 is 0 Å². The van der Waals surface area contributed by atoms with Crippen LogP contribution in [0.2, 0.25) is 0 Å². The molecule has 0 aliphatic carbocycles. The van der Waals surface area contributed by atoms with Crippen LogP contribution in [0.4, 0.5) is 0 Å². The van der Waals surface area contributed by atoms with Crippen molar-refractivity contribution in [1.82, 2.24) is 10.3 Å². The van der Waals surface area contributed by atoms with Crippen LogP contribution in [-0.2, 0) is 0 Å². The van der Waals surface area contributed by atoms with Crippen LogP contribution in [0.5, 0.6) is 5.75 Å². The molecule has 1 aliphatic rings. The van der Waals surface area contributed by atoms with E-state index >= 15 is 0 Å². The minimum Gasteiger partial charge on any atom is -0.493 e. The van der Waals surface area contributed by atoms with E-state index in [9.17, 15) is 0 Å². The van der Waals surface area contributed by atoms with Gasteiger partial charge < -0.3 is 10.1 Å². The summed E-state index contributed by atoms with van der Waals surface area (Å²) < 4.78 is 5.69. The van der Waals surface area contributed by atoms with Crippen molar-refractivity contribution < 1.29 is 4.74 Å². The van der Waals surface area contributed by atoms with Gasteiger partial charge in [0.15, 0.2) is 0 Å². The number of hydrogen-bond donors (Lipinski definition) is 1. The molecule has 0 saturated heterocycles. The summed E-state index contributed by atoms with van der Waals surface area (Å²) in [6.45, 7) is 4.99. The Kier molecular flexibility index (Phi) is 3.53. The van der Waals surface area contributed by atoms with Crippen molar-refractivity contribution in [3.05, 3.63) is 45.9 Å². The number of hydrogen-bond acceptors (Lipinski definition) is 4. The van der Waals surface area contributed by atoms with Gasteiger partial charge in [-0.25, -0.2) is 4.98 Å². The minimum absolute atomic E-state index is 0.265. The van der Waals surface area contributed by atoms with Gasteiger partial charge in [-0.1, -0.05) is 18.2 Å². The molecule has 1 aromatic heterocycles. The van der Waals surface area contributed by atoms with Gasteiger partial charge >= 0.3 is 0 Å². The lowest BCUT2D eigenvalue weighted by molar-refractivity contribution is 0.245. The van der Waals surface area contributed by atoms with Gasteiger partial charge in [0.25, 0.3) is 0 Å². The molecule has 3 nitrogen and oxygen atoms in total. The molecule has 19 heavy (non-hydrogen) atoms. The molecule has 100 valence electrons. The van der Waals surface area contributed by atoms with Crippen LogP contribution in [0.3, 0.4) is 0 Å². The summed E-state index contributed by atoms with van der Waals surface area (Å²) in [5.41, 5.74) is 2.39. The van der Waals surface area contributed by atoms with Crippen molar-refractivity contribution in [2.24, 2.45) is 0 Å². The number of fused-ring (bicyclic) bond motifs is 1. The molecule has 1 N–H and O–H groups in total. The van der Waals surface area contributed by atoms with Gasteiger partial charge in [0.2, 0.25) is 0 Å². The molecule has 0 radical (unpaired) electrons. The van der Waals surface area contributed by atoms with Crippen LogP contribution >= 0.6 is 11.3 Å². The van der Waals surface area contributed by atoms with Gasteiger partial charge in [-0.15, -0.1) is 11.3 Å². The maximum atomic E-state index is 5.69. The first-order chi connectivity index (χ1) is 9.24. The van der Waals surface area contributed by atoms with Gasteiger partial charge in [0.1, 0.15) is 5.75 Å². The van der Waals surface area contributed by atoms with Crippen LogP contribution in [0, 0.1) is 6.92 Å². The summed E-state index contributed by atoms with van der Waals surface area (Å²) in [5, 5.41) is 6.93. The van der Waals surface area contributed by atoms with Crippen molar-refractivity contribution in [2.75, 3.05) is 6.61 Å². The third kappa shape index (κ3) is 2.65. The molecular weight excluding hydrogens is 256 g/mol. The number of benzene rings is 1. The normalized spacial score (nSPS) is 19.6. The van der Waals surface area contributed by atoms with Crippen molar-refractivity contribution in [1.29, 1.82) is 0 Å². The van der Waals surface area contributed by atoms with Gasteiger partial charge in [-0.2, -0.15) is 0 Å². The average molecular weight is 274 g/mol. The molecule has 1 aliphatic heterocycles. The minimum atomic E-state index is 0.265. The lowest BCUT2D eigenvalue weighted by Gasteiger charge is -2.28. The predicted molar refractivity (Wildman–Crippen MR) is 77.7 cm³/mol. The first-order valence-corrected chi connectivity index (χ1v) is 7.52. The number of para-hydroxylation sites is 1. The molecule has 0 saturated carbocycles. The third-order valence-electron chi connectivity index (χ3n) is 3.49. The first kappa shape index (κ1) is 12.6. The molecule has 0 bridgehead atoms. The summed E-state index contributed by atoms with van der Waals surface area (Å²) in [6.07, 6.45) is 1.00. The van der Waals surface area contributed by atoms with E-state index in [-0.39, 0.29) is 6.04 Å². The van der Waals surface area contributed by atoms with Crippen LogP contribution in [0.15, 0.2) is 29.6 Å². The van der Waals surface area contributed by atoms with Crippen molar-refractivity contribution in [3.8, 4) is 5.75 Å². The van der Waals surface area contributed by atoms with Crippen molar-refractivity contribution >= 4 is 11.3 Å². The number of aromatic nitrogens is 1. The van der Waals surface area contributed by atoms with E-state index in [0.717, 1.165) is 29.5 Å². The highest BCUT2D eigenvalue weighted by Crippen LogP contribution is 2.33. The molecule has 4 heteroatoms. The second-order valence-corrected chi connectivity index (χ2v) is 5.97. The molecule has 2 aromatic rings. The third-order valence-corrected chi connectivity index (χ3v) is 4.28. The second kappa shape index (κ2) is 5.31. The summed E-state index contributed by atoms with van der Waals surface area (Å²) in [6, 6.07) is 8.89. The molecule has 0 fully saturated rings. The summed E-state index contributed by atoms with van der Waals surface area (Å²) in [5.74, 6) is 1.01. The highest BCUT2D eigenvalue weighted by Gasteiger charge is 2.23. The van der Waals surface area contributed by atoms with E-state index in [0.29, 0.717) is 6.04 Å². The smallest absolute Gasteiger partial charge is 0.124 e. The van der Waals surface area contributed by atoms with Gasteiger partial charge in [-0.05, 0) is 19.9 Å². The van der Waals surface area contributed by atoms with E-state index in [1.54, 1.807) is 11.3 Å². The Morgan fingerprint density at radius 2 is 2.26 bits per heavy atom. The fourth-order valence-corrected chi connectivity index (χ4v) is 3.19. The van der Waals surface area contributed by atoms with Crippen molar-refractivity contribution in [2.45, 2.75) is 32.4 Å². The molecule has 0 amide bonds. The molecular formula is C15H18N2OS. The number of rotatable bonds is 3. The molecule has 1 aromatic carbocycles. The Morgan fingerprint density at radius 3 is 3.05 bits per heavy atom. The monoisotopic (exact) mass is 274 g/mol. The Labute approximate surface area is 117 Å². The fourth-order valence-electron chi connectivity index (χ4n) is 2.48. The molecule has 2 atom stereocenters. The zero-order valence-corrected chi connectivity index (χ0v) is 12.0. The van der Waals surface area contributed by atoms with Crippen molar-refractivity contribution in [3.63, 3.8) is 0 Å². The Balaban J connectivity index is 1.77. The Morgan fingerprint density at radius 1 is 1.42 bits per heavy atom. The van der Waals surface area contributed by atoms with Crippen LogP contribution in [0.1, 0.15) is 41.7 Å². The topological polar surface area (TPSA) is 34.2 Å². The highest BCUT2D eigenvalue weighted by molar-refractivity contribution is 7.09. The van der Waals surface area contributed by atoms with E-state index in [2.05, 4.69) is 34.7 Å². The highest BCUT2D eigenvalue weighted by atomic mass is 32.1. The quantitative estimate of drug-likeness (QED) is 0.928. The van der Waals surface area contributed by atoms with E-state index in [1.807, 2.05) is 19.1 Å². The van der Waals surface area contributed by atoms with E-state index in [1.165, 1.54) is 5.56 Å². The summed E-state index contributed by atoms with van der Waals surface area (Å²) >= 11 is 1.70. The zero-order valence-electron chi connectivity index (χ0n) is 11.2.